The number of thiophene rings is 1. The van der Waals surface area contributed by atoms with Gasteiger partial charge in [-0.2, -0.15) is 0 Å². The van der Waals surface area contributed by atoms with Crippen molar-refractivity contribution in [3.8, 4) is 0 Å². The van der Waals surface area contributed by atoms with E-state index >= 15 is 0 Å². The molecule has 1 aliphatic rings. The van der Waals surface area contributed by atoms with E-state index in [-0.39, 0.29) is 11.9 Å². The van der Waals surface area contributed by atoms with E-state index < -0.39 is 6.10 Å². The van der Waals surface area contributed by atoms with Gasteiger partial charge in [-0.1, -0.05) is 6.07 Å². The van der Waals surface area contributed by atoms with E-state index in [1.165, 1.54) is 0 Å². The van der Waals surface area contributed by atoms with Crippen molar-refractivity contribution in [1.82, 2.24) is 9.88 Å². The molecule has 3 heterocycles. The molecule has 2 atom stereocenters. The zero-order valence-corrected chi connectivity index (χ0v) is 14.9. The number of hydrogen-bond donors (Lipinski definition) is 1. The van der Waals surface area contributed by atoms with Crippen LogP contribution in [0.15, 0.2) is 35.8 Å². The molecule has 3 rings (SSSR count). The maximum Gasteiger partial charge on any atom is 0.272 e. The molecule has 0 unspecified atom stereocenters. The number of nitrogens with zero attached hydrogens (tertiary/aromatic N) is 3. The van der Waals surface area contributed by atoms with Gasteiger partial charge in [0.05, 0.1) is 6.10 Å². The fourth-order valence-corrected chi connectivity index (χ4v) is 3.89. The fourth-order valence-electron chi connectivity index (χ4n) is 3.16. The Balaban J connectivity index is 1.73. The number of carbonyl (C=O) groups is 1. The summed E-state index contributed by atoms with van der Waals surface area (Å²) in [6.07, 6.45) is 3.65. The Hall–Kier alpha value is -1.92. The highest BCUT2D eigenvalue weighted by Crippen LogP contribution is 2.30. The summed E-state index contributed by atoms with van der Waals surface area (Å²) in [6.45, 7) is 0.731. The van der Waals surface area contributed by atoms with Gasteiger partial charge in [-0.3, -0.25) is 9.78 Å². The first-order valence-corrected chi connectivity index (χ1v) is 9.10. The number of rotatable bonds is 5. The van der Waals surface area contributed by atoms with E-state index in [2.05, 4.69) is 4.98 Å². The molecular weight excluding hydrogens is 322 g/mol. The molecule has 24 heavy (non-hydrogen) atoms. The van der Waals surface area contributed by atoms with Crippen LogP contribution in [0.25, 0.3) is 0 Å². The molecule has 6 heteroatoms. The third kappa shape index (κ3) is 3.60. The summed E-state index contributed by atoms with van der Waals surface area (Å²) < 4.78 is 0. The van der Waals surface area contributed by atoms with Crippen molar-refractivity contribution in [3.05, 3.63) is 46.4 Å². The van der Waals surface area contributed by atoms with Gasteiger partial charge in [0.1, 0.15) is 5.69 Å². The lowest BCUT2D eigenvalue weighted by atomic mass is 10.1. The fraction of sp³-hybridized carbons (Fsp3) is 0.444. The number of likely N-dealkylation sites (tertiary alicyclic amines) is 1. The first kappa shape index (κ1) is 16.9. The van der Waals surface area contributed by atoms with Crippen molar-refractivity contribution < 1.29 is 9.90 Å². The van der Waals surface area contributed by atoms with Crippen LogP contribution in [0.5, 0.6) is 0 Å². The lowest BCUT2D eigenvalue weighted by Gasteiger charge is -2.26. The monoisotopic (exact) mass is 345 g/mol. The normalized spacial score (nSPS) is 18.6. The molecule has 0 bridgehead atoms. The Bertz CT molecular complexity index is 687. The standard InChI is InChI=1S/C18H23N3O2S/c1-20(2)13-7-8-19-15(11-13)18(23)21-9-3-5-14(21)12-16(22)17-6-4-10-24-17/h4,6-8,10-11,14,16,22H,3,5,9,12H2,1-2H3/t14-,16-/m1/s1. The molecule has 0 radical (unpaired) electrons. The second kappa shape index (κ2) is 7.32. The van der Waals surface area contributed by atoms with Gasteiger partial charge in [0.25, 0.3) is 5.91 Å². The maximum absolute atomic E-state index is 12.9. The van der Waals surface area contributed by atoms with Crippen LogP contribution in [-0.4, -0.2) is 47.6 Å². The first-order chi connectivity index (χ1) is 11.6. The Morgan fingerprint density at radius 2 is 2.33 bits per heavy atom. The highest BCUT2D eigenvalue weighted by atomic mass is 32.1. The van der Waals surface area contributed by atoms with Crippen molar-refractivity contribution in [1.29, 1.82) is 0 Å². The van der Waals surface area contributed by atoms with Crippen molar-refractivity contribution in [2.75, 3.05) is 25.5 Å². The van der Waals surface area contributed by atoms with Crippen LogP contribution in [0.3, 0.4) is 0 Å². The first-order valence-electron chi connectivity index (χ1n) is 8.22. The number of amides is 1. The molecule has 1 amide bonds. The molecule has 128 valence electrons. The molecule has 0 saturated carbocycles. The largest absolute Gasteiger partial charge is 0.387 e. The van der Waals surface area contributed by atoms with Crippen LogP contribution in [-0.2, 0) is 0 Å². The molecule has 0 aliphatic carbocycles. The molecule has 0 aromatic carbocycles. The summed E-state index contributed by atoms with van der Waals surface area (Å²) in [5.74, 6) is -0.0421. The van der Waals surface area contributed by atoms with E-state index in [1.54, 1.807) is 17.5 Å². The van der Waals surface area contributed by atoms with Gasteiger partial charge in [0, 0.05) is 43.4 Å². The minimum atomic E-state index is -0.510. The molecule has 1 N–H and O–H groups in total. The average Bonchev–Trinajstić information content (AvgIpc) is 3.26. The second-order valence-electron chi connectivity index (χ2n) is 6.36. The van der Waals surface area contributed by atoms with Crippen LogP contribution in [0.2, 0.25) is 0 Å². The van der Waals surface area contributed by atoms with Crippen molar-refractivity contribution in [3.63, 3.8) is 0 Å². The van der Waals surface area contributed by atoms with E-state index in [9.17, 15) is 9.90 Å². The van der Waals surface area contributed by atoms with Crippen molar-refractivity contribution in [2.45, 2.75) is 31.4 Å². The highest BCUT2D eigenvalue weighted by molar-refractivity contribution is 7.10. The van der Waals surface area contributed by atoms with E-state index in [0.717, 1.165) is 30.0 Å². The van der Waals surface area contributed by atoms with E-state index in [0.29, 0.717) is 12.1 Å². The third-order valence-corrected chi connectivity index (χ3v) is 5.46. The number of aliphatic hydroxyl groups excluding tert-OH is 1. The number of anilines is 1. The van der Waals surface area contributed by atoms with Crippen LogP contribution in [0.1, 0.15) is 40.7 Å². The van der Waals surface area contributed by atoms with E-state index in [1.807, 2.05) is 53.5 Å². The third-order valence-electron chi connectivity index (χ3n) is 4.48. The zero-order chi connectivity index (χ0) is 17.1. The van der Waals surface area contributed by atoms with E-state index in [4.69, 9.17) is 0 Å². The van der Waals surface area contributed by atoms with Crippen LogP contribution < -0.4 is 4.90 Å². The van der Waals surface area contributed by atoms with Gasteiger partial charge in [-0.15, -0.1) is 11.3 Å². The summed E-state index contributed by atoms with van der Waals surface area (Å²) in [4.78, 5) is 21.9. The number of pyridine rings is 1. The van der Waals surface area contributed by atoms with Gasteiger partial charge in [-0.05, 0) is 42.8 Å². The number of aromatic nitrogens is 1. The minimum absolute atomic E-state index is 0.0421. The van der Waals surface area contributed by atoms with Gasteiger partial charge >= 0.3 is 0 Å². The summed E-state index contributed by atoms with van der Waals surface area (Å²) in [7, 11) is 3.89. The molecular formula is C18H23N3O2S. The smallest absolute Gasteiger partial charge is 0.272 e. The Labute approximate surface area is 146 Å². The summed E-state index contributed by atoms with van der Waals surface area (Å²) in [6, 6.07) is 7.67. The van der Waals surface area contributed by atoms with Crippen LogP contribution in [0, 0.1) is 0 Å². The Morgan fingerprint density at radius 3 is 3.04 bits per heavy atom. The lowest BCUT2D eigenvalue weighted by Crippen LogP contribution is -2.37. The molecule has 1 saturated heterocycles. The number of aliphatic hydroxyl groups is 1. The SMILES string of the molecule is CN(C)c1ccnc(C(=O)N2CCC[C@@H]2C[C@@H](O)c2cccs2)c1. The van der Waals surface area contributed by atoms with Crippen molar-refractivity contribution in [2.24, 2.45) is 0 Å². The lowest BCUT2D eigenvalue weighted by molar-refractivity contribution is 0.0664. The molecule has 2 aromatic rings. The average molecular weight is 345 g/mol. The highest BCUT2D eigenvalue weighted by Gasteiger charge is 2.32. The Morgan fingerprint density at radius 1 is 1.50 bits per heavy atom. The second-order valence-corrected chi connectivity index (χ2v) is 7.33. The van der Waals surface area contributed by atoms with Gasteiger partial charge in [0.2, 0.25) is 0 Å². The zero-order valence-electron chi connectivity index (χ0n) is 14.1. The van der Waals surface area contributed by atoms with Crippen LogP contribution >= 0.6 is 11.3 Å². The van der Waals surface area contributed by atoms with Crippen molar-refractivity contribution >= 4 is 22.9 Å². The number of carbonyl (C=O) groups excluding carboxylic acids is 1. The molecule has 1 fully saturated rings. The minimum Gasteiger partial charge on any atom is -0.387 e. The summed E-state index contributed by atoms with van der Waals surface area (Å²) >= 11 is 1.55. The maximum atomic E-state index is 12.9. The summed E-state index contributed by atoms with van der Waals surface area (Å²) in [5, 5.41) is 12.4. The molecule has 5 nitrogen and oxygen atoms in total. The van der Waals surface area contributed by atoms with Gasteiger partial charge in [0.15, 0.2) is 0 Å². The quantitative estimate of drug-likeness (QED) is 0.905. The van der Waals surface area contributed by atoms with Gasteiger partial charge < -0.3 is 14.9 Å². The predicted octanol–water partition coefficient (Wildman–Crippen LogP) is 2.94. The van der Waals surface area contributed by atoms with Gasteiger partial charge in [-0.25, -0.2) is 0 Å². The molecule has 2 aromatic heterocycles. The topological polar surface area (TPSA) is 56.7 Å². The Kier molecular flexibility index (Phi) is 5.16. The van der Waals surface area contributed by atoms with Crippen LogP contribution in [0.4, 0.5) is 5.69 Å². The summed E-state index contributed by atoms with van der Waals surface area (Å²) in [5.41, 5.74) is 1.43. The molecule has 0 spiro atoms. The molecule has 1 aliphatic heterocycles. The number of hydrogen-bond acceptors (Lipinski definition) is 5. The predicted molar refractivity (Wildman–Crippen MR) is 96.5 cm³/mol.